The first kappa shape index (κ1) is 13.1. The topological polar surface area (TPSA) is 29.5 Å². The van der Waals surface area contributed by atoms with Crippen LogP contribution >= 0.6 is 0 Å². The summed E-state index contributed by atoms with van der Waals surface area (Å²) in [6.45, 7) is 12.4. The Morgan fingerprint density at radius 3 is 2.59 bits per heavy atom. The van der Waals surface area contributed by atoms with Crippen molar-refractivity contribution < 1.29 is 9.84 Å². The fourth-order valence-corrected chi connectivity index (χ4v) is 3.87. The number of ether oxygens (including phenoxy) is 1. The van der Waals surface area contributed by atoms with Crippen LogP contribution in [-0.4, -0.2) is 22.4 Å². The highest BCUT2D eigenvalue weighted by atomic mass is 16.5. The van der Waals surface area contributed by atoms with Crippen LogP contribution in [0.1, 0.15) is 53.4 Å². The van der Waals surface area contributed by atoms with Crippen LogP contribution in [0.4, 0.5) is 0 Å². The Labute approximate surface area is 105 Å². The summed E-state index contributed by atoms with van der Waals surface area (Å²) < 4.78 is 6.18. The molecule has 2 rings (SSSR count). The first-order valence-electron chi connectivity index (χ1n) is 6.75. The zero-order chi connectivity index (χ0) is 12.9. The molecule has 17 heavy (non-hydrogen) atoms. The molecule has 2 heteroatoms. The molecular weight excluding hydrogens is 212 g/mol. The van der Waals surface area contributed by atoms with Gasteiger partial charge < -0.3 is 9.84 Å². The minimum atomic E-state index is -0.742. The van der Waals surface area contributed by atoms with E-state index in [1.807, 2.05) is 6.92 Å². The molecule has 2 fully saturated rings. The summed E-state index contributed by atoms with van der Waals surface area (Å²) in [5, 5.41) is 10.0. The van der Waals surface area contributed by atoms with Gasteiger partial charge in [0.1, 0.15) is 0 Å². The average molecular weight is 238 g/mol. The molecule has 2 aliphatic heterocycles. The van der Waals surface area contributed by atoms with Gasteiger partial charge in [0.2, 0.25) is 0 Å². The van der Waals surface area contributed by atoms with Crippen LogP contribution in [0.15, 0.2) is 12.7 Å². The summed E-state index contributed by atoms with van der Waals surface area (Å²) in [4.78, 5) is 0. The molecule has 2 saturated heterocycles. The lowest BCUT2D eigenvalue weighted by atomic mass is 9.62. The third kappa shape index (κ3) is 2.06. The first-order chi connectivity index (χ1) is 7.71. The molecule has 0 saturated carbocycles. The van der Waals surface area contributed by atoms with E-state index in [1.54, 1.807) is 6.08 Å². The summed E-state index contributed by atoms with van der Waals surface area (Å²) in [7, 11) is 0. The van der Waals surface area contributed by atoms with Crippen LogP contribution in [0.2, 0.25) is 0 Å². The molecule has 0 aromatic rings. The van der Waals surface area contributed by atoms with Crippen LogP contribution in [0.3, 0.4) is 0 Å². The Morgan fingerprint density at radius 1 is 1.47 bits per heavy atom. The molecule has 2 bridgehead atoms. The summed E-state index contributed by atoms with van der Waals surface area (Å²) in [5.41, 5.74) is -0.468. The Hall–Kier alpha value is -0.340. The maximum atomic E-state index is 10.0. The normalized spacial score (nSPS) is 42.4. The lowest BCUT2D eigenvalue weighted by Crippen LogP contribution is -2.41. The van der Waals surface area contributed by atoms with Crippen LogP contribution in [-0.2, 0) is 4.74 Å². The zero-order valence-corrected chi connectivity index (χ0v) is 11.6. The van der Waals surface area contributed by atoms with Gasteiger partial charge in [0.05, 0.1) is 17.3 Å². The standard InChI is InChI=1S/C15H26O2/c1-6-14(4,16)9-7-11-13(2,3)12-8-10-15(11,5)17-12/h6,11-12,16H,1,7-10H2,2-5H3/t11-,12+,14-,15-/m1/s1. The van der Waals surface area contributed by atoms with Gasteiger partial charge in [-0.25, -0.2) is 0 Å². The van der Waals surface area contributed by atoms with E-state index in [2.05, 4.69) is 27.4 Å². The van der Waals surface area contributed by atoms with Crippen molar-refractivity contribution in [2.24, 2.45) is 11.3 Å². The highest BCUT2D eigenvalue weighted by Gasteiger charge is 2.60. The number of hydrogen-bond donors (Lipinski definition) is 1. The minimum absolute atomic E-state index is 0.0332. The van der Waals surface area contributed by atoms with Crippen molar-refractivity contribution in [3.05, 3.63) is 12.7 Å². The van der Waals surface area contributed by atoms with Crippen molar-refractivity contribution in [2.45, 2.75) is 70.7 Å². The molecule has 0 aromatic heterocycles. The second-order valence-electron chi connectivity index (χ2n) is 6.93. The van der Waals surface area contributed by atoms with Crippen molar-refractivity contribution in [3.63, 3.8) is 0 Å². The molecular formula is C15H26O2. The van der Waals surface area contributed by atoms with E-state index in [0.29, 0.717) is 12.0 Å². The summed E-state index contributed by atoms with van der Waals surface area (Å²) in [6, 6.07) is 0. The second kappa shape index (κ2) is 3.83. The maximum Gasteiger partial charge on any atom is 0.0797 e. The molecule has 0 amide bonds. The predicted octanol–water partition coefficient (Wildman–Crippen LogP) is 3.30. The molecule has 0 aromatic carbocycles. The van der Waals surface area contributed by atoms with Gasteiger partial charge in [-0.05, 0) is 50.9 Å². The summed E-state index contributed by atoms with van der Waals surface area (Å²) >= 11 is 0. The van der Waals surface area contributed by atoms with Crippen molar-refractivity contribution >= 4 is 0 Å². The number of hydrogen-bond acceptors (Lipinski definition) is 2. The fraction of sp³-hybridized carbons (Fsp3) is 0.867. The lowest BCUT2D eigenvalue weighted by molar-refractivity contribution is -0.000250. The van der Waals surface area contributed by atoms with Gasteiger partial charge in [-0.3, -0.25) is 0 Å². The molecule has 1 N–H and O–H groups in total. The molecule has 0 aliphatic carbocycles. The number of aliphatic hydroxyl groups is 1. The van der Waals surface area contributed by atoms with Crippen LogP contribution in [0.5, 0.6) is 0 Å². The summed E-state index contributed by atoms with van der Waals surface area (Å²) in [6.07, 6.45) is 6.21. The van der Waals surface area contributed by atoms with Gasteiger partial charge in [0.15, 0.2) is 0 Å². The van der Waals surface area contributed by atoms with Gasteiger partial charge in [0.25, 0.3) is 0 Å². The summed E-state index contributed by atoms with van der Waals surface area (Å²) in [5.74, 6) is 0.542. The van der Waals surface area contributed by atoms with Gasteiger partial charge in [-0.1, -0.05) is 19.9 Å². The third-order valence-electron chi connectivity index (χ3n) is 5.16. The van der Waals surface area contributed by atoms with Crippen molar-refractivity contribution in [1.82, 2.24) is 0 Å². The second-order valence-corrected chi connectivity index (χ2v) is 6.93. The Kier molecular flexibility index (Phi) is 2.95. The zero-order valence-electron chi connectivity index (χ0n) is 11.6. The average Bonchev–Trinajstić information content (AvgIpc) is 2.68. The van der Waals surface area contributed by atoms with Gasteiger partial charge >= 0.3 is 0 Å². The first-order valence-corrected chi connectivity index (χ1v) is 6.75. The lowest BCUT2D eigenvalue weighted by Gasteiger charge is -2.40. The van der Waals surface area contributed by atoms with Crippen LogP contribution < -0.4 is 0 Å². The van der Waals surface area contributed by atoms with Crippen molar-refractivity contribution in [1.29, 1.82) is 0 Å². The minimum Gasteiger partial charge on any atom is -0.386 e. The largest absolute Gasteiger partial charge is 0.386 e. The van der Waals surface area contributed by atoms with Gasteiger partial charge in [0, 0.05) is 0 Å². The SMILES string of the molecule is C=C[C@@](C)(O)CC[C@@H]1C(C)(C)[C@@H]2CC[C@@]1(C)O2. The van der Waals surface area contributed by atoms with Crippen molar-refractivity contribution in [2.75, 3.05) is 0 Å². The van der Waals surface area contributed by atoms with E-state index in [-0.39, 0.29) is 11.0 Å². The highest BCUT2D eigenvalue weighted by Crippen LogP contribution is 2.59. The Morgan fingerprint density at radius 2 is 2.12 bits per heavy atom. The fourth-order valence-electron chi connectivity index (χ4n) is 3.87. The molecule has 98 valence electrons. The molecule has 2 aliphatic rings. The molecule has 2 nitrogen and oxygen atoms in total. The molecule has 2 heterocycles. The third-order valence-corrected chi connectivity index (χ3v) is 5.16. The highest BCUT2D eigenvalue weighted by molar-refractivity contribution is 5.09. The van der Waals surface area contributed by atoms with E-state index >= 15 is 0 Å². The number of rotatable bonds is 4. The van der Waals surface area contributed by atoms with Crippen LogP contribution in [0, 0.1) is 11.3 Å². The van der Waals surface area contributed by atoms with E-state index < -0.39 is 5.60 Å². The van der Waals surface area contributed by atoms with E-state index in [1.165, 1.54) is 12.8 Å². The van der Waals surface area contributed by atoms with E-state index in [4.69, 9.17) is 4.74 Å². The Bertz CT molecular complexity index is 314. The maximum absolute atomic E-state index is 10.0. The van der Waals surface area contributed by atoms with Gasteiger partial charge in [-0.15, -0.1) is 6.58 Å². The Balaban J connectivity index is 2.08. The molecule has 0 spiro atoms. The smallest absolute Gasteiger partial charge is 0.0797 e. The quantitative estimate of drug-likeness (QED) is 0.761. The monoisotopic (exact) mass is 238 g/mol. The van der Waals surface area contributed by atoms with E-state index in [9.17, 15) is 5.11 Å². The molecule has 0 radical (unpaired) electrons. The molecule has 4 atom stereocenters. The van der Waals surface area contributed by atoms with Crippen molar-refractivity contribution in [3.8, 4) is 0 Å². The number of fused-ring (bicyclic) bond motifs is 2. The predicted molar refractivity (Wildman–Crippen MR) is 69.8 cm³/mol. The van der Waals surface area contributed by atoms with Gasteiger partial charge in [-0.2, -0.15) is 0 Å². The van der Waals surface area contributed by atoms with E-state index in [0.717, 1.165) is 12.8 Å². The molecule has 0 unspecified atom stereocenters. The van der Waals surface area contributed by atoms with Crippen LogP contribution in [0.25, 0.3) is 0 Å².